The number of hydrogen-bond donors (Lipinski definition) is 0. The number of rotatable bonds is 5. The zero-order valence-electron chi connectivity index (χ0n) is 11.6. The molecule has 0 radical (unpaired) electrons. The van der Waals surface area contributed by atoms with E-state index in [1.165, 1.54) is 41.1 Å². The lowest BCUT2D eigenvalue weighted by molar-refractivity contribution is 0.0978. The summed E-state index contributed by atoms with van der Waals surface area (Å²) in [5, 5.41) is 0. The van der Waals surface area contributed by atoms with Gasteiger partial charge in [-0.15, -0.1) is 0 Å². The van der Waals surface area contributed by atoms with E-state index < -0.39 is 11.5 Å². The first-order valence-corrected chi connectivity index (χ1v) is 6.54. The van der Waals surface area contributed by atoms with Gasteiger partial charge in [0.05, 0.1) is 0 Å². The molecule has 0 amide bonds. The summed E-state index contributed by atoms with van der Waals surface area (Å²) in [5.74, 6) is -0.540. The van der Waals surface area contributed by atoms with Gasteiger partial charge in [-0.2, -0.15) is 0 Å². The first kappa shape index (κ1) is 14.9. The van der Waals surface area contributed by atoms with Crippen LogP contribution in [0.3, 0.4) is 0 Å². The van der Waals surface area contributed by atoms with Crippen molar-refractivity contribution in [2.24, 2.45) is 7.05 Å². The molecule has 1 heterocycles. The Hall–Kier alpha value is -2.50. The van der Waals surface area contributed by atoms with Gasteiger partial charge < -0.3 is 4.57 Å². The van der Waals surface area contributed by atoms with Crippen LogP contribution in [-0.2, 0) is 13.6 Å². The molecule has 110 valence electrons. The summed E-state index contributed by atoms with van der Waals surface area (Å²) in [7, 11) is 1.56. The summed E-state index contributed by atoms with van der Waals surface area (Å²) < 4.78 is 15.2. The predicted octanol–water partition coefficient (Wildman–Crippen LogP) is 1.35. The third-order valence-electron chi connectivity index (χ3n) is 3.19. The quantitative estimate of drug-likeness (QED) is 0.781. The van der Waals surface area contributed by atoms with Crippen molar-refractivity contribution < 1.29 is 9.18 Å². The fourth-order valence-electron chi connectivity index (χ4n) is 2.00. The summed E-state index contributed by atoms with van der Waals surface area (Å²) in [6.45, 7) is 0.180. The maximum Gasteiger partial charge on any atom is 0.330 e. The average Bonchev–Trinajstić information content (AvgIpc) is 2.47. The summed E-state index contributed by atoms with van der Waals surface area (Å²) in [5.41, 5.74) is -0.367. The topological polar surface area (TPSA) is 61.1 Å². The van der Waals surface area contributed by atoms with E-state index in [0.717, 1.165) is 4.57 Å². The van der Waals surface area contributed by atoms with Crippen LogP contribution in [0.15, 0.2) is 46.1 Å². The van der Waals surface area contributed by atoms with Crippen molar-refractivity contribution in [3.8, 4) is 0 Å². The summed E-state index contributed by atoms with van der Waals surface area (Å²) in [6, 6.07) is 6.61. The Balaban J connectivity index is 2.01. The molecule has 6 heteroatoms. The third-order valence-corrected chi connectivity index (χ3v) is 3.19. The molecule has 1 aromatic heterocycles. The van der Waals surface area contributed by atoms with Gasteiger partial charge in [0, 0.05) is 37.8 Å². The van der Waals surface area contributed by atoms with E-state index in [1.54, 1.807) is 7.05 Å². The predicted molar refractivity (Wildman–Crippen MR) is 75.9 cm³/mol. The molecule has 2 aromatic rings. The van der Waals surface area contributed by atoms with E-state index in [2.05, 4.69) is 0 Å². The Labute approximate surface area is 120 Å². The summed E-state index contributed by atoms with van der Waals surface area (Å²) in [6.07, 6.45) is 1.97. The highest BCUT2D eigenvalue weighted by Gasteiger charge is 2.08. The van der Waals surface area contributed by atoms with Gasteiger partial charge in [0.25, 0.3) is 5.56 Å². The largest absolute Gasteiger partial charge is 0.330 e. The van der Waals surface area contributed by atoms with Crippen molar-refractivity contribution >= 4 is 5.78 Å². The molecule has 0 fully saturated rings. The highest BCUT2D eigenvalue weighted by molar-refractivity contribution is 5.95. The lowest BCUT2D eigenvalue weighted by atomic mass is 10.1. The molecule has 0 aliphatic carbocycles. The van der Waals surface area contributed by atoms with Crippen LogP contribution in [0, 0.1) is 5.82 Å². The van der Waals surface area contributed by atoms with E-state index >= 15 is 0 Å². The third kappa shape index (κ3) is 3.53. The number of carbonyl (C=O) groups is 1. The van der Waals surface area contributed by atoms with Crippen LogP contribution in [-0.4, -0.2) is 14.9 Å². The second-order valence-corrected chi connectivity index (χ2v) is 4.73. The maximum atomic E-state index is 12.8. The molecule has 0 unspecified atom stereocenters. The van der Waals surface area contributed by atoms with Crippen molar-refractivity contribution in [2.45, 2.75) is 19.4 Å². The number of hydrogen-bond acceptors (Lipinski definition) is 3. The van der Waals surface area contributed by atoms with Gasteiger partial charge in [-0.05, 0) is 30.7 Å². The van der Waals surface area contributed by atoms with Crippen LogP contribution in [0.4, 0.5) is 4.39 Å². The molecule has 0 atom stereocenters. The number of aromatic nitrogens is 2. The molecule has 0 saturated heterocycles. The van der Waals surface area contributed by atoms with Crippen LogP contribution >= 0.6 is 0 Å². The van der Waals surface area contributed by atoms with Gasteiger partial charge >= 0.3 is 5.69 Å². The lowest BCUT2D eigenvalue weighted by Crippen LogP contribution is -2.38. The zero-order valence-corrected chi connectivity index (χ0v) is 11.6. The minimum absolute atomic E-state index is 0.143. The van der Waals surface area contributed by atoms with Gasteiger partial charge in [-0.1, -0.05) is 0 Å². The molecule has 1 aromatic carbocycles. The van der Waals surface area contributed by atoms with Crippen molar-refractivity contribution in [1.82, 2.24) is 9.13 Å². The van der Waals surface area contributed by atoms with Crippen molar-refractivity contribution in [2.75, 3.05) is 0 Å². The minimum atomic E-state index is -0.406. The standard InChI is InChI=1S/C15H15FN2O3/c1-17-10-8-14(20)18(15(17)21)9-2-3-13(19)11-4-6-12(16)7-5-11/h4-8,10H,2-3,9H2,1H3. The summed E-state index contributed by atoms with van der Waals surface area (Å²) in [4.78, 5) is 35.3. The van der Waals surface area contributed by atoms with Crippen molar-refractivity contribution in [3.63, 3.8) is 0 Å². The monoisotopic (exact) mass is 290 g/mol. The second kappa shape index (κ2) is 6.30. The van der Waals surface area contributed by atoms with E-state index in [0.29, 0.717) is 12.0 Å². The Morgan fingerprint density at radius 2 is 1.81 bits per heavy atom. The molecule has 21 heavy (non-hydrogen) atoms. The van der Waals surface area contributed by atoms with Crippen LogP contribution in [0.5, 0.6) is 0 Å². The van der Waals surface area contributed by atoms with E-state index in [1.807, 2.05) is 0 Å². The first-order chi connectivity index (χ1) is 9.99. The number of benzene rings is 1. The second-order valence-electron chi connectivity index (χ2n) is 4.73. The van der Waals surface area contributed by atoms with Gasteiger partial charge in [0.15, 0.2) is 5.78 Å². The molecule has 0 spiro atoms. The Kier molecular flexibility index (Phi) is 4.47. The molecular weight excluding hydrogens is 275 g/mol. The van der Waals surface area contributed by atoms with Gasteiger partial charge in [0.2, 0.25) is 0 Å². The number of Topliss-reactive ketones (excluding diaryl/α,β-unsaturated/α-hetero) is 1. The first-order valence-electron chi connectivity index (χ1n) is 6.54. The zero-order chi connectivity index (χ0) is 15.4. The number of nitrogens with zero attached hydrogens (tertiary/aromatic N) is 2. The Bertz CT molecular complexity index is 760. The van der Waals surface area contributed by atoms with E-state index in [-0.39, 0.29) is 24.3 Å². The molecule has 5 nitrogen and oxygen atoms in total. The van der Waals surface area contributed by atoms with Gasteiger partial charge in [0.1, 0.15) is 5.82 Å². The molecule has 0 bridgehead atoms. The van der Waals surface area contributed by atoms with Gasteiger partial charge in [-0.25, -0.2) is 9.18 Å². The molecule has 0 aliphatic heterocycles. The van der Waals surface area contributed by atoms with E-state index in [4.69, 9.17) is 0 Å². The fraction of sp³-hybridized carbons (Fsp3) is 0.267. The summed E-state index contributed by atoms with van der Waals surface area (Å²) >= 11 is 0. The smallest absolute Gasteiger partial charge is 0.303 e. The molecule has 0 saturated carbocycles. The average molecular weight is 290 g/mol. The van der Waals surface area contributed by atoms with Crippen LogP contribution < -0.4 is 11.2 Å². The highest BCUT2D eigenvalue weighted by atomic mass is 19.1. The number of carbonyl (C=O) groups excluding carboxylic acids is 1. The molecule has 0 N–H and O–H groups in total. The lowest BCUT2D eigenvalue weighted by Gasteiger charge is -2.06. The number of aryl methyl sites for hydroxylation is 1. The Morgan fingerprint density at radius 3 is 2.48 bits per heavy atom. The maximum absolute atomic E-state index is 12.8. The van der Waals surface area contributed by atoms with Crippen molar-refractivity contribution in [1.29, 1.82) is 0 Å². The SMILES string of the molecule is Cn1ccc(=O)n(CCCC(=O)c2ccc(F)cc2)c1=O. The molecule has 2 rings (SSSR count). The van der Waals surface area contributed by atoms with E-state index in [9.17, 15) is 18.8 Å². The fourth-order valence-corrected chi connectivity index (χ4v) is 2.00. The minimum Gasteiger partial charge on any atom is -0.303 e. The van der Waals surface area contributed by atoms with Crippen molar-refractivity contribution in [3.05, 3.63) is 68.7 Å². The van der Waals surface area contributed by atoms with Crippen LogP contribution in [0.25, 0.3) is 0 Å². The Morgan fingerprint density at radius 1 is 1.14 bits per heavy atom. The normalized spacial score (nSPS) is 10.6. The molecule has 0 aliphatic rings. The van der Waals surface area contributed by atoms with Crippen LogP contribution in [0.2, 0.25) is 0 Å². The van der Waals surface area contributed by atoms with Crippen LogP contribution in [0.1, 0.15) is 23.2 Å². The van der Waals surface area contributed by atoms with Gasteiger partial charge in [-0.3, -0.25) is 14.2 Å². The molecular formula is C15H15FN2O3. The number of halogens is 1. The highest BCUT2D eigenvalue weighted by Crippen LogP contribution is 2.07. The number of ketones is 1.